The first kappa shape index (κ1) is 15.3. The van der Waals surface area contributed by atoms with E-state index in [4.69, 9.17) is 10.8 Å². The number of aryl methyl sites for hydroxylation is 1. The van der Waals surface area contributed by atoms with Crippen LogP contribution in [0, 0.1) is 6.92 Å². The highest BCUT2D eigenvalue weighted by Gasteiger charge is 2.34. The van der Waals surface area contributed by atoms with E-state index < -0.39 is 33.5 Å². The van der Waals surface area contributed by atoms with Crippen LogP contribution in [-0.2, 0) is 19.4 Å². The number of benzene rings is 1. The van der Waals surface area contributed by atoms with Gasteiger partial charge in [-0.05, 0) is 19.1 Å². The third-order valence-electron chi connectivity index (χ3n) is 2.71. The van der Waals surface area contributed by atoms with E-state index in [-0.39, 0.29) is 11.2 Å². The summed E-state index contributed by atoms with van der Waals surface area (Å²) in [5.41, 5.74) is 6.28. The van der Waals surface area contributed by atoms with E-state index >= 15 is 0 Å². The number of rotatable bonds is 6. The summed E-state index contributed by atoms with van der Waals surface area (Å²) in [7, 11) is -3.96. The molecule has 0 saturated carbocycles. The molecule has 0 radical (unpaired) electrons. The maximum Gasteiger partial charge on any atom is 0.304 e. The van der Waals surface area contributed by atoms with Gasteiger partial charge in [-0.15, -0.1) is 0 Å². The van der Waals surface area contributed by atoms with Crippen molar-refractivity contribution in [2.75, 3.05) is 0 Å². The van der Waals surface area contributed by atoms with Gasteiger partial charge in [-0.3, -0.25) is 4.79 Å². The summed E-state index contributed by atoms with van der Waals surface area (Å²) in [5.74, 6) is -1.32. The predicted molar refractivity (Wildman–Crippen MR) is 68.4 cm³/mol. The van der Waals surface area contributed by atoms with Gasteiger partial charge < -0.3 is 15.6 Å². The average molecular weight is 285 g/mol. The summed E-state index contributed by atoms with van der Waals surface area (Å²) in [6.07, 6.45) is -0.463. The molecule has 1 rings (SSSR count). The van der Waals surface area contributed by atoms with Crippen molar-refractivity contribution in [2.45, 2.75) is 29.5 Å². The maximum atomic E-state index is 12.3. The third-order valence-corrected chi connectivity index (χ3v) is 4.92. The van der Waals surface area contributed by atoms with Crippen LogP contribution in [-0.4, -0.2) is 37.1 Å². The Kier molecular flexibility index (Phi) is 4.79. The number of carboxylic acid groups (broad SMARTS) is 1. The van der Waals surface area contributed by atoms with Crippen LogP contribution in [0.5, 0.6) is 0 Å². The number of nitrogens with two attached hydrogens (primary N) is 1. The van der Waals surface area contributed by atoms with Crippen molar-refractivity contribution in [3.8, 4) is 0 Å². The number of sulfone groups is 1. The van der Waals surface area contributed by atoms with Crippen LogP contribution >= 0.6 is 0 Å². The minimum Gasteiger partial charge on any atom is -0.481 e. The molecule has 19 heavy (non-hydrogen) atoms. The summed E-state index contributed by atoms with van der Waals surface area (Å²) in [6.45, 7) is 1.79. The Labute approximate surface area is 111 Å². The lowest BCUT2D eigenvalue weighted by atomic mass is 10.2. The largest absolute Gasteiger partial charge is 0.481 e. The Morgan fingerprint density at radius 3 is 2.32 bits per heavy atom. The average Bonchev–Trinajstić information content (AvgIpc) is 2.35. The van der Waals surface area contributed by atoms with Gasteiger partial charge in [-0.2, -0.15) is 0 Å². The molecule has 104 valence electrons. The van der Waals surface area contributed by atoms with E-state index in [1.165, 1.54) is 12.1 Å². The van der Waals surface area contributed by atoms with Gasteiger partial charge in [0.2, 0.25) is 0 Å². The van der Waals surface area contributed by atoms with Crippen LogP contribution in [0.25, 0.3) is 0 Å². The molecule has 1 aromatic rings. The first-order valence-electron chi connectivity index (χ1n) is 5.52. The fourth-order valence-corrected chi connectivity index (χ4v) is 3.32. The molecule has 0 saturated heterocycles. The van der Waals surface area contributed by atoms with Gasteiger partial charge in [-0.25, -0.2) is 8.42 Å². The first-order chi connectivity index (χ1) is 8.78. The van der Waals surface area contributed by atoms with Crippen LogP contribution < -0.4 is 5.73 Å². The number of aldehydes is 1. The zero-order valence-corrected chi connectivity index (χ0v) is 11.1. The van der Waals surface area contributed by atoms with E-state index in [1.807, 2.05) is 0 Å². The van der Waals surface area contributed by atoms with Crippen LogP contribution in [0.15, 0.2) is 29.2 Å². The Bertz CT molecular complexity index is 564. The van der Waals surface area contributed by atoms with Gasteiger partial charge in [0.05, 0.1) is 22.6 Å². The summed E-state index contributed by atoms with van der Waals surface area (Å²) in [5, 5.41) is 7.28. The molecular weight excluding hydrogens is 270 g/mol. The highest BCUT2D eigenvalue weighted by atomic mass is 32.2. The highest BCUT2D eigenvalue weighted by molar-refractivity contribution is 7.92. The van der Waals surface area contributed by atoms with Crippen molar-refractivity contribution in [2.24, 2.45) is 5.73 Å². The molecule has 0 amide bonds. The molecule has 6 nitrogen and oxygen atoms in total. The molecular formula is C12H15NO5S. The second kappa shape index (κ2) is 5.94. The van der Waals surface area contributed by atoms with Gasteiger partial charge in [0.15, 0.2) is 9.84 Å². The predicted octanol–water partition coefficient (Wildman–Crippen LogP) is 0.138. The number of aliphatic carboxylic acids is 1. The maximum absolute atomic E-state index is 12.3. The number of hydrogen-bond donors (Lipinski definition) is 2. The van der Waals surface area contributed by atoms with Crippen LogP contribution in [0.2, 0.25) is 0 Å². The minimum absolute atomic E-state index is 0.0401. The molecule has 0 aromatic heterocycles. The minimum atomic E-state index is -3.96. The van der Waals surface area contributed by atoms with Gasteiger partial charge >= 0.3 is 5.97 Å². The Balaban J connectivity index is 3.22. The van der Waals surface area contributed by atoms with Gasteiger partial charge in [0.1, 0.15) is 6.29 Å². The van der Waals surface area contributed by atoms with Crippen LogP contribution in [0.3, 0.4) is 0 Å². The number of carbonyl (C=O) groups excluding carboxylic acids is 1. The molecule has 0 aliphatic rings. The van der Waals surface area contributed by atoms with Gasteiger partial charge in [0, 0.05) is 0 Å². The van der Waals surface area contributed by atoms with E-state index in [1.54, 1.807) is 19.1 Å². The molecule has 0 spiro atoms. The lowest BCUT2D eigenvalue weighted by molar-refractivity contribution is -0.137. The smallest absolute Gasteiger partial charge is 0.304 e. The third kappa shape index (κ3) is 3.62. The fraction of sp³-hybridized carbons (Fsp3) is 0.333. The van der Waals surface area contributed by atoms with E-state index in [0.29, 0.717) is 0 Å². The summed E-state index contributed by atoms with van der Waals surface area (Å²) in [4.78, 5) is 21.4. The molecule has 3 N–H and O–H groups in total. The lowest BCUT2D eigenvalue weighted by Gasteiger charge is -2.18. The molecule has 7 heteroatoms. The lowest BCUT2D eigenvalue weighted by Crippen LogP contribution is -2.43. The number of carboxylic acids is 1. The highest BCUT2D eigenvalue weighted by Crippen LogP contribution is 2.20. The van der Waals surface area contributed by atoms with E-state index in [9.17, 15) is 18.0 Å². The fourth-order valence-electron chi connectivity index (χ4n) is 1.62. The zero-order valence-electron chi connectivity index (χ0n) is 10.3. The standard InChI is InChI=1S/C12H15NO5S/c1-8-2-4-9(5-3-8)19(17,18)11(6-12(15)16)10(13)7-14/h2-5,7,10-11H,6,13H2,1H3,(H,15,16)/t10-,11?/m1/s1. The normalized spacial score (nSPS) is 14.6. The molecule has 1 unspecified atom stereocenters. The molecule has 0 aliphatic heterocycles. The van der Waals surface area contributed by atoms with Gasteiger partial charge in [-0.1, -0.05) is 17.7 Å². The molecule has 0 bridgehead atoms. The van der Waals surface area contributed by atoms with Crippen LogP contribution in [0.1, 0.15) is 12.0 Å². The monoisotopic (exact) mass is 285 g/mol. The Hall–Kier alpha value is -1.73. The summed E-state index contributed by atoms with van der Waals surface area (Å²) >= 11 is 0. The SMILES string of the molecule is Cc1ccc(S(=O)(=O)C(CC(=O)O)[C@H](N)C=O)cc1. The summed E-state index contributed by atoms with van der Waals surface area (Å²) in [6, 6.07) is 4.56. The van der Waals surface area contributed by atoms with Crippen molar-refractivity contribution < 1.29 is 23.1 Å². The van der Waals surface area contributed by atoms with Crippen molar-refractivity contribution in [1.82, 2.24) is 0 Å². The van der Waals surface area contributed by atoms with Crippen molar-refractivity contribution >= 4 is 22.1 Å². The van der Waals surface area contributed by atoms with Crippen molar-refractivity contribution in [3.05, 3.63) is 29.8 Å². The second-order valence-corrected chi connectivity index (χ2v) is 6.37. The van der Waals surface area contributed by atoms with Crippen LogP contribution in [0.4, 0.5) is 0 Å². The first-order valence-corrected chi connectivity index (χ1v) is 7.07. The number of carbonyl (C=O) groups is 2. The zero-order chi connectivity index (χ0) is 14.6. The second-order valence-electron chi connectivity index (χ2n) is 4.21. The van der Waals surface area contributed by atoms with E-state index in [0.717, 1.165) is 5.56 Å². The Morgan fingerprint density at radius 1 is 1.37 bits per heavy atom. The number of hydrogen-bond acceptors (Lipinski definition) is 5. The van der Waals surface area contributed by atoms with Crippen molar-refractivity contribution in [1.29, 1.82) is 0 Å². The molecule has 0 fully saturated rings. The molecule has 0 aliphatic carbocycles. The summed E-state index contributed by atoms with van der Waals surface area (Å²) < 4.78 is 24.6. The van der Waals surface area contributed by atoms with Gasteiger partial charge in [0.25, 0.3) is 0 Å². The topological polar surface area (TPSA) is 115 Å². The molecule has 0 heterocycles. The van der Waals surface area contributed by atoms with E-state index in [2.05, 4.69) is 0 Å². The van der Waals surface area contributed by atoms with Crippen molar-refractivity contribution in [3.63, 3.8) is 0 Å². The molecule has 1 aromatic carbocycles. The molecule has 2 atom stereocenters. The Morgan fingerprint density at radius 2 is 1.89 bits per heavy atom. The quantitative estimate of drug-likeness (QED) is 0.718.